The van der Waals surface area contributed by atoms with E-state index in [0.717, 1.165) is 24.9 Å². The highest BCUT2D eigenvalue weighted by Gasteiger charge is 2.29. The van der Waals surface area contributed by atoms with Gasteiger partial charge in [-0.3, -0.25) is 9.69 Å². The summed E-state index contributed by atoms with van der Waals surface area (Å²) in [6, 6.07) is 10.6. The van der Waals surface area contributed by atoms with E-state index in [-0.39, 0.29) is 5.91 Å². The number of carbonyl (C=O) groups is 1. The number of benzene rings is 1. The van der Waals surface area contributed by atoms with E-state index in [4.69, 9.17) is 9.47 Å². The van der Waals surface area contributed by atoms with E-state index in [1.165, 1.54) is 9.75 Å². The Kier molecular flexibility index (Phi) is 6.97. The molecule has 1 aromatic heterocycles. The van der Waals surface area contributed by atoms with E-state index in [9.17, 15) is 4.79 Å². The van der Waals surface area contributed by atoms with Crippen molar-refractivity contribution in [3.8, 4) is 11.5 Å². The maximum atomic E-state index is 13.0. The van der Waals surface area contributed by atoms with Crippen LogP contribution in [0.3, 0.4) is 0 Å². The molecule has 1 unspecified atom stereocenters. The third-order valence-corrected chi connectivity index (χ3v) is 6.45. The first-order valence-corrected chi connectivity index (χ1v) is 10.7. The molecule has 0 radical (unpaired) electrons. The number of amides is 1. The molecule has 6 heteroatoms. The molecule has 1 fully saturated rings. The minimum absolute atomic E-state index is 0.178. The molecule has 152 valence electrons. The van der Waals surface area contributed by atoms with Crippen molar-refractivity contribution in [3.05, 3.63) is 45.6 Å². The lowest BCUT2D eigenvalue weighted by atomic mass is 10.1. The predicted molar refractivity (Wildman–Crippen MR) is 113 cm³/mol. The number of nitrogens with zero attached hydrogens (tertiary/aromatic N) is 2. The normalized spacial score (nSPS) is 16.9. The average molecular weight is 403 g/mol. The van der Waals surface area contributed by atoms with Crippen LogP contribution in [-0.4, -0.2) is 49.6 Å². The summed E-state index contributed by atoms with van der Waals surface area (Å²) in [4.78, 5) is 20.0. The van der Waals surface area contributed by atoms with Gasteiger partial charge in [0.05, 0.1) is 20.8 Å². The van der Waals surface area contributed by atoms with Crippen molar-refractivity contribution in [1.29, 1.82) is 0 Å². The molecule has 28 heavy (non-hydrogen) atoms. The van der Waals surface area contributed by atoms with E-state index in [2.05, 4.69) is 24.0 Å². The van der Waals surface area contributed by atoms with Gasteiger partial charge in [0.25, 0.3) is 0 Å². The number of hydrogen-bond donors (Lipinski definition) is 0. The number of likely N-dealkylation sites (tertiary alicyclic amines) is 1. The molecular weight excluding hydrogens is 372 g/mol. The number of hydrogen-bond acceptors (Lipinski definition) is 5. The van der Waals surface area contributed by atoms with Gasteiger partial charge in [-0.15, -0.1) is 11.3 Å². The largest absolute Gasteiger partial charge is 0.493 e. The van der Waals surface area contributed by atoms with Crippen LogP contribution in [0.2, 0.25) is 0 Å². The van der Waals surface area contributed by atoms with Crippen molar-refractivity contribution >= 4 is 17.2 Å². The fraction of sp³-hybridized carbons (Fsp3) is 0.500. The molecule has 5 nitrogen and oxygen atoms in total. The molecule has 1 atom stereocenters. The molecule has 1 aliphatic heterocycles. The lowest BCUT2D eigenvalue weighted by Gasteiger charge is -2.27. The lowest BCUT2D eigenvalue weighted by Crippen LogP contribution is -2.39. The molecule has 1 amide bonds. The van der Waals surface area contributed by atoms with Crippen molar-refractivity contribution in [3.63, 3.8) is 0 Å². The van der Waals surface area contributed by atoms with E-state index in [0.29, 0.717) is 37.2 Å². The number of likely N-dealkylation sites (N-methyl/N-ethyl adjacent to an activating group) is 1. The lowest BCUT2D eigenvalue weighted by molar-refractivity contribution is -0.133. The number of methoxy groups -OCH3 is 2. The number of thiophene rings is 1. The molecule has 1 aromatic carbocycles. The van der Waals surface area contributed by atoms with E-state index >= 15 is 0 Å². The Morgan fingerprint density at radius 3 is 2.64 bits per heavy atom. The number of carbonyl (C=O) groups excluding carboxylic acids is 1. The van der Waals surface area contributed by atoms with Gasteiger partial charge in [-0.05, 0) is 63.1 Å². The van der Waals surface area contributed by atoms with E-state index < -0.39 is 0 Å². The Balaban J connectivity index is 1.66. The zero-order valence-corrected chi connectivity index (χ0v) is 18.1. The minimum Gasteiger partial charge on any atom is -0.493 e. The van der Waals surface area contributed by atoms with Crippen LogP contribution in [0.4, 0.5) is 0 Å². The quantitative estimate of drug-likeness (QED) is 0.662. The van der Waals surface area contributed by atoms with Gasteiger partial charge in [0, 0.05) is 28.9 Å². The van der Waals surface area contributed by atoms with E-state index in [1.807, 2.05) is 41.4 Å². The summed E-state index contributed by atoms with van der Waals surface area (Å²) in [6.45, 7) is 6.89. The van der Waals surface area contributed by atoms with Crippen LogP contribution in [-0.2, 0) is 11.3 Å². The summed E-state index contributed by atoms with van der Waals surface area (Å²) >= 11 is 1.85. The fourth-order valence-electron chi connectivity index (χ4n) is 3.82. The van der Waals surface area contributed by atoms with Crippen LogP contribution in [0.25, 0.3) is 0 Å². The molecular formula is C22H30N2O3S. The molecule has 0 saturated carbocycles. The van der Waals surface area contributed by atoms with Gasteiger partial charge in [-0.1, -0.05) is 6.07 Å². The van der Waals surface area contributed by atoms with Crippen molar-refractivity contribution in [2.75, 3.05) is 33.9 Å². The first kappa shape index (κ1) is 20.7. The smallest absolute Gasteiger partial charge is 0.237 e. The predicted octanol–water partition coefficient (Wildman–Crippen LogP) is 4.26. The molecule has 0 aliphatic carbocycles. The number of aryl methyl sites for hydroxylation is 1. The van der Waals surface area contributed by atoms with Crippen LogP contribution in [0.5, 0.6) is 11.5 Å². The number of rotatable bonds is 8. The van der Waals surface area contributed by atoms with Crippen molar-refractivity contribution in [1.82, 2.24) is 9.80 Å². The molecule has 0 bridgehead atoms. The zero-order valence-electron chi connectivity index (χ0n) is 17.2. The second-order valence-corrected chi connectivity index (χ2v) is 8.49. The Bertz CT molecular complexity index is 805. The number of ether oxygens (including phenoxy) is 2. The van der Waals surface area contributed by atoms with Crippen LogP contribution < -0.4 is 9.47 Å². The van der Waals surface area contributed by atoms with E-state index in [1.54, 1.807) is 14.2 Å². The van der Waals surface area contributed by atoms with Gasteiger partial charge >= 0.3 is 0 Å². The third kappa shape index (κ3) is 4.67. The van der Waals surface area contributed by atoms with Gasteiger partial charge in [0.15, 0.2) is 11.5 Å². The Morgan fingerprint density at radius 1 is 1.21 bits per heavy atom. The summed E-state index contributed by atoms with van der Waals surface area (Å²) in [6.07, 6.45) is 2.28. The summed E-state index contributed by atoms with van der Waals surface area (Å²) in [5.41, 5.74) is 1.04. The van der Waals surface area contributed by atoms with Crippen molar-refractivity contribution in [2.24, 2.45) is 0 Å². The van der Waals surface area contributed by atoms with Gasteiger partial charge in [0.2, 0.25) is 5.91 Å². The first-order valence-electron chi connectivity index (χ1n) is 9.84. The summed E-state index contributed by atoms with van der Waals surface area (Å²) in [5.74, 6) is 1.57. The first-order chi connectivity index (χ1) is 13.5. The monoisotopic (exact) mass is 402 g/mol. The standard InChI is InChI=1S/C22H30N2O3S/c1-5-23(14-17-9-10-19(26-3)20(13-17)27-4)22(25)15-24-12-6-7-18(24)21-11-8-16(2)28-21/h8-11,13,18H,5-7,12,14-15H2,1-4H3. The Labute approximate surface area is 171 Å². The van der Waals surface area contributed by atoms with Crippen molar-refractivity contribution in [2.45, 2.75) is 39.3 Å². The maximum absolute atomic E-state index is 13.0. The molecule has 2 aromatic rings. The maximum Gasteiger partial charge on any atom is 0.237 e. The van der Waals surface area contributed by atoms with Gasteiger partial charge < -0.3 is 14.4 Å². The molecule has 0 spiro atoms. The minimum atomic E-state index is 0.178. The second-order valence-electron chi connectivity index (χ2n) is 7.17. The summed E-state index contributed by atoms with van der Waals surface area (Å²) in [5, 5.41) is 0. The zero-order chi connectivity index (χ0) is 20.1. The molecule has 3 rings (SSSR count). The summed E-state index contributed by atoms with van der Waals surface area (Å²) < 4.78 is 10.7. The molecule has 1 saturated heterocycles. The van der Waals surface area contributed by atoms with Crippen LogP contribution in [0.15, 0.2) is 30.3 Å². The highest BCUT2D eigenvalue weighted by molar-refractivity contribution is 7.12. The topological polar surface area (TPSA) is 42.0 Å². The molecule has 1 aliphatic rings. The molecule has 2 heterocycles. The highest BCUT2D eigenvalue weighted by Crippen LogP contribution is 2.35. The van der Waals surface area contributed by atoms with Crippen LogP contribution in [0, 0.1) is 6.92 Å². The highest BCUT2D eigenvalue weighted by atomic mass is 32.1. The van der Waals surface area contributed by atoms with Gasteiger partial charge in [0.1, 0.15) is 0 Å². The average Bonchev–Trinajstić information content (AvgIpc) is 3.34. The van der Waals surface area contributed by atoms with Gasteiger partial charge in [-0.2, -0.15) is 0 Å². The Morgan fingerprint density at radius 2 is 2.00 bits per heavy atom. The van der Waals surface area contributed by atoms with Crippen molar-refractivity contribution < 1.29 is 14.3 Å². The van der Waals surface area contributed by atoms with Gasteiger partial charge in [-0.25, -0.2) is 0 Å². The van der Waals surface area contributed by atoms with Crippen LogP contribution in [0.1, 0.15) is 41.1 Å². The SMILES string of the molecule is CCN(Cc1ccc(OC)c(OC)c1)C(=O)CN1CCCC1c1ccc(C)s1. The summed E-state index contributed by atoms with van der Waals surface area (Å²) in [7, 11) is 3.26. The Hall–Kier alpha value is -2.05. The third-order valence-electron chi connectivity index (χ3n) is 5.35. The molecule has 0 N–H and O–H groups in total. The second kappa shape index (κ2) is 9.43. The van der Waals surface area contributed by atoms with Crippen LogP contribution >= 0.6 is 11.3 Å². The fourth-order valence-corrected chi connectivity index (χ4v) is 4.87.